The Hall–Kier alpha value is -0.880. The van der Waals surface area contributed by atoms with Crippen molar-refractivity contribution in [3.05, 3.63) is 63.1 Å². The Balaban J connectivity index is 1.88. The lowest BCUT2D eigenvalue weighted by atomic mass is 10.0. The van der Waals surface area contributed by atoms with Crippen molar-refractivity contribution in [1.82, 2.24) is 0 Å². The molecular formula is C18H18BrClO3S. The predicted octanol–water partition coefficient (Wildman–Crippen LogP) is 5.10. The van der Waals surface area contributed by atoms with Crippen LogP contribution in [0.2, 0.25) is 5.02 Å². The molecule has 1 aliphatic heterocycles. The van der Waals surface area contributed by atoms with Gasteiger partial charge in [-0.3, -0.25) is 0 Å². The second-order valence-corrected chi connectivity index (χ2v) is 9.52. The van der Waals surface area contributed by atoms with E-state index >= 15 is 0 Å². The Morgan fingerprint density at radius 3 is 2.58 bits per heavy atom. The van der Waals surface area contributed by atoms with Crippen molar-refractivity contribution < 1.29 is 13.2 Å². The fraction of sp³-hybridized carbons (Fsp3) is 0.333. The lowest BCUT2D eigenvalue weighted by molar-refractivity contribution is 0.0166. The lowest BCUT2D eigenvalue weighted by Crippen LogP contribution is -2.31. The highest BCUT2D eigenvalue weighted by atomic mass is 79.9. The van der Waals surface area contributed by atoms with Crippen LogP contribution in [0, 0.1) is 6.92 Å². The van der Waals surface area contributed by atoms with Crippen molar-refractivity contribution in [3.8, 4) is 0 Å². The van der Waals surface area contributed by atoms with E-state index < -0.39 is 15.1 Å². The third kappa shape index (κ3) is 3.69. The monoisotopic (exact) mass is 428 g/mol. The van der Waals surface area contributed by atoms with Crippen LogP contribution in [-0.4, -0.2) is 20.3 Å². The lowest BCUT2D eigenvalue weighted by Gasteiger charge is -2.30. The van der Waals surface area contributed by atoms with Gasteiger partial charge in [0, 0.05) is 16.1 Å². The molecule has 1 saturated heterocycles. The van der Waals surface area contributed by atoms with E-state index in [-0.39, 0.29) is 6.10 Å². The van der Waals surface area contributed by atoms with Crippen LogP contribution in [0.25, 0.3) is 0 Å². The number of halogens is 2. The number of sulfone groups is 1. The maximum absolute atomic E-state index is 13.1. The van der Waals surface area contributed by atoms with E-state index in [0.29, 0.717) is 33.8 Å². The highest BCUT2D eigenvalue weighted by Gasteiger charge is 2.35. The van der Waals surface area contributed by atoms with Crippen molar-refractivity contribution >= 4 is 37.4 Å². The first kappa shape index (κ1) is 17.9. The molecule has 0 radical (unpaired) electrons. The number of aryl methyl sites for hydroxylation is 1. The SMILES string of the molecule is Cc1ccc(Br)c(S(=O)(=O)C2CCOC(c3ccc(Cl)cc3)C2)c1. The highest BCUT2D eigenvalue weighted by molar-refractivity contribution is 9.10. The molecule has 2 unspecified atom stereocenters. The Labute approximate surface area is 156 Å². The minimum Gasteiger partial charge on any atom is -0.373 e. The molecule has 0 aromatic heterocycles. The maximum Gasteiger partial charge on any atom is 0.182 e. The van der Waals surface area contributed by atoms with Gasteiger partial charge in [-0.25, -0.2) is 8.42 Å². The molecular weight excluding hydrogens is 412 g/mol. The van der Waals surface area contributed by atoms with E-state index in [1.165, 1.54) is 0 Å². The van der Waals surface area contributed by atoms with Crippen LogP contribution < -0.4 is 0 Å². The van der Waals surface area contributed by atoms with E-state index in [4.69, 9.17) is 16.3 Å². The zero-order chi connectivity index (χ0) is 17.3. The van der Waals surface area contributed by atoms with Crippen molar-refractivity contribution in [2.45, 2.75) is 36.0 Å². The summed E-state index contributed by atoms with van der Waals surface area (Å²) in [6.45, 7) is 2.33. The van der Waals surface area contributed by atoms with Gasteiger partial charge < -0.3 is 4.74 Å². The van der Waals surface area contributed by atoms with Gasteiger partial charge in [-0.2, -0.15) is 0 Å². The van der Waals surface area contributed by atoms with E-state index in [9.17, 15) is 8.42 Å². The highest BCUT2D eigenvalue weighted by Crippen LogP contribution is 2.36. The summed E-state index contributed by atoms with van der Waals surface area (Å²) in [4.78, 5) is 0.365. The van der Waals surface area contributed by atoms with Crippen LogP contribution >= 0.6 is 27.5 Å². The first-order valence-electron chi connectivity index (χ1n) is 7.75. The summed E-state index contributed by atoms with van der Waals surface area (Å²) in [7, 11) is -3.42. The molecule has 1 aliphatic rings. The van der Waals surface area contributed by atoms with E-state index in [1.807, 2.05) is 25.1 Å². The van der Waals surface area contributed by atoms with Gasteiger partial charge in [0.25, 0.3) is 0 Å². The molecule has 0 amide bonds. The third-order valence-electron chi connectivity index (χ3n) is 4.31. The number of rotatable bonds is 3. The van der Waals surface area contributed by atoms with Crippen LogP contribution in [0.3, 0.4) is 0 Å². The molecule has 3 nitrogen and oxygen atoms in total. The fourth-order valence-electron chi connectivity index (χ4n) is 2.97. The Morgan fingerprint density at radius 2 is 1.88 bits per heavy atom. The van der Waals surface area contributed by atoms with Gasteiger partial charge in [0.1, 0.15) is 0 Å². The van der Waals surface area contributed by atoms with Gasteiger partial charge in [0.2, 0.25) is 0 Å². The summed E-state index contributed by atoms with van der Waals surface area (Å²) < 4.78 is 32.6. The molecule has 0 bridgehead atoms. The molecule has 128 valence electrons. The van der Waals surface area contributed by atoms with Crippen LogP contribution in [0.15, 0.2) is 51.8 Å². The van der Waals surface area contributed by atoms with Gasteiger partial charge in [-0.1, -0.05) is 29.8 Å². The summed E-state index contributed by atoms with van der Waals surface area (Å²) in [5.74, 6) is 0. The minimum atomic E-state index is -3.42. The summed E-state index contributed by atoms with van der Waals surface area (Å²) in [6, 6.07) is 12.8. The van der Waals surface area contributed by atoms with E-state index in [1.54, 1.807) is 24.3 Å². The zero-order valence-electron chi connectivity index (χ0n) is 13.2. The van der Waals surface area contributed by atoms with Crippen LogP contribution in [0.4, 0.5) is 0 Å². The van der Waals surface area contributed by atoms with Gasteiger partial charge in [0.15, 0.2) is 9.84 Å². The zero-order valence-corrected chi connectivity index (χ0v) is 16.4. The smallest absolute Gasteiger partial charge is 0.182 e. The minimum absolute atomic E-state index is 0.223. The van der Waals surface area contributed by atoms with E-state index in [2.05, 4.69) is 15.9 Å². The first-order valence-corrected chi connectivity index (χ1v) is 10.5. The number of hydrogen-bond donors (Lipinski definition) is 0. The molecule has 0 spiro atoms. The summed E-state index contributed by atoms with van der Waals surface area (Å²) in [5.41, 5.74) is 1.89. The summed E-state index contributed by atoms with van der Waals surface area (Å²) >= 11 is 9.30. The molecule has 2 atom stereocenters. The Bertz CT molecular complexity index is 834. The third-order valence-corrected chi connectivity index (χ3v) is 7.77. The van der Waals surface area contributed by atoms with Gasteiger partial charge in [-0.05, 0) is 71.1 Å². The van der Waals surface area contributed by atoms with Gasteiger partial charge in [0.05, 0.1) is 16.2 Å². The second-order valence-electron chi connectivity index (χ2n) is 6.04. The van der Waals surface area contributed by atoms with Crippen LogP contribution in [-0.2, 0) is 14.6 Å². The van der Waals surface area contributed by atoms with Crippen LogP contribution in [0.5, 0.6) is 0 Å². The average Bonchev–Trinajstić information content (AvgIpc) is 2.58. The molecule has 2 aromatic rings. The second kappa shape index (κ2) is 7.16. The fourth-order valence-corrected chi connectivity index (χ4v) is 5.90. The van der Waals surface area contributed by atoms with Crippen molar-refractivity contribution in [1.29, 1.82) is 0 Å². The normalized spacial score (nSPS) is 21.6. The Morgan fingerprint density at radius 1 is 1.17 bits per heavy atom. The van der Waals surface area contributed by atoms with Crippen molar-refractivity contribution in [2.75, 3.05) is 6.61 Å². The molecule has 1 heterocycles. The molecule has 0 N–H and O–H groups in total. The standard InChI is InChI=1S/C18H18BrClO3S/c1-12-2-7-16(19)18(10-12)24(21,22)15-8-9-23-17(11-15)13-3-5-14(20)6-4-13/h2-7,10,15,17H,8-9,11H2,1H3. The van der Waals surface area contributed by atoms with E-state index in [0.717, 1.165) is 11.1 Å². The van der Waals surface area contributed by atoms with Gasteiger partial charge >= 0.3 is 0 Å². The quantitative estimate of drug-likeness (QED) is 0.681. The van der Waals surface area contributed by atoms with Gasteiger partial charge in [-0.15, -0.1) is 0 Å². The number of hydrogen-bond acceptors (Lipinski definition) is 3. The maximum atomic E-state index is 13.1. The Kier molecular flexibility index (Phi) is 5.35. The molecule has 2 aromatic carbocycles. The van der Waals surface area contributed by atoms with Crippen molar-refractivity contribution in [3.63, 3.8) is 0 Å². The largest absolute Gasteiger partial charge is 0.373 e. The van der Waals surface area contributed by atoms with Crippen molar-refractivity contribution in [2.24, 2.45) is 0 Å². The summed E-state index contributed by atoms with van der Waals surface area (Å²) in [6.07, 6.45) is 0.733. The summed E-state index contributed by atoms with van der Waals surface area (Å²) in [5, 5.41) is 0.201. The molecule has 3 rings (SSSR count). The molecule has 6 heteroatoms. The number of ether oxygens (including phenoxy) is 1. The molecule has 0 saturated carbocycles. The van der Waals surface area contributed by atoms with Crippen LogP contribution in [0.1, 0.15) is 30.1 Å². The first-order chi connectivity index (χ1) is 11.4. The molecule has 1 fully saturated rings. The molecule has 24 heavy (non-hydrogen) atoms. The molecule has 0 aliphatic carbocycles. The number of benzene rings is 2. The predicted molar refractivity (Wildman–Crippen MR) is 99.2 cm³/mol. The average molecular weight is 430 g/mol. The topological polar surface area (TPSA) is 43.4 Å².